The predicted molar refractivity (Wildman–Crippen MR) is 79.9 cm³/mol. The van der Waals surface area contributed by atoms with Crippen LogP contribution in [0.25, 0.3) is 0 Å². The van der Waals surface area contributed by atoms with Gasteiger partial charge >= 0.3 is 0 Å². The predicted octanol–water partition coefficient (Wildman–Crippen LogP) is 3.84. The summed E-state index contributed by atoms with van der Waals surface area (Å²) in [5.74, 6) is -2.73. The maximum absolute atomic E-state index is 13.8. The minimum Gasteiger partial charge on any atom is -0.507 e. The number of hydrogen-bond donors (Lipinski definition) is 2. The number of benzene rings is 2. The number of aromatic hydroxyl groups is 1. The molecule has 0 unspecified atom stereocenters. The van der Waals surface area contributed by atoms with Crippen LogP contribution in [0.15, 0.2) is 30.3 Å². The summed E-state index contributed by atoms with van der Waals surface area (Å²) >= 11 is 1.97. The summed E-state index contributed by atoms with van der Waals surface area (Å²) in [5.41, 5.74) is -0.348. The quantitative estimate of drug-likeness (QED) is 0.768. The first-order chi connectivity index (χ1) is 9.40. The van der Waals surface area contributed by atoms with Gasteiger partial charge in [-0.15, -0.1) is 0 Å². The fourth-order valence-electron chi connectivity index (χ4n) is 1.64. The number of hydrogen-bond acceptors (Lipinski definition) is 2. The van der Waals surface area contributed by atoms with Crippen molar-refractivity contribution in [1.82, 2.24) is 0 Å². The van der Waals surface area contributed by atoms with Gasteiger partial charge in [-0.3, -0.25) is 4.79 Å². The Morgan fingerprint density at radius 2 is 1.95 bits per heavy atom. The molecule has 20 heavy (non-hydrogen) atoms. The summed E-state index contributed by atoms with van der Waals surface area (Å²) in [6.45, 7) is 1.47. The van der Waals surface area contributed by atoms with Gasteiger partial charge in [0.1, 0.15) is 17.3 Å². The number of phenolic OH excluding ortho intramolecular Hbond substituents is 1. The largest absolute Gasteiger partial charge is 0.507 e. The van der Waals surface area contributed by atoms with E-state index >= 15 is 0 Å². The van der Waals surface area contributed by atoms with Crippen LogP contribution < -0.4 is 5.32 Å². The Morgan fingerprint density at radius 1 is 1.25 bits per heavy atom. The van der Waals surface area contributed by atoms with Crippen molar-refractivity contribution in [3.63, 3.8) is 0 Å². The van der Waals surface area contributed by atoms with Crippen LogP contribution in [-0.4, -0.2) is 11.0 Å². The molecule has 104 valence electrons. The molecule has 0 aliphatic carbocycles. The standard InChI is InChI=1S/C14H10F2INO2/c1-7-2-4-10(15)13(12(7)16)18-14(20)9-6-8(17)3-5-11(9)19/h2-6,19H,1H3,(H,18,20). The number of aryl methyl sites for hydroxylation is 1. The Kier molecular flexibility index (Phi) is 4.22. The Hall–Kier alpha value is -1.70. The maximum Gasteiger partial charge on any atom is 0.259 e. The molecule has 0 aromatic heterocycles. The fourth-order valence-corrected chi connectivity index (χ4v) is 2.13. The molecular formula is C14H10F2INO2. The van der Waals surface area contributed by atoms with E-state index < -0.39 is 23.2 Å². The molecule has 1 amide bonds. The molecule has 0 saturated heterocycles. The number of carbonyl (C=O) groups excluding carboxylic acids is 1. The van der Waals surface area contributed by atoms with Gasteiger partial charge in [-0.1, -0.05) is 6.07 Å². The zero-order chi connectivity index (χ0) is 14.9. The molecule has 2 aromatic carbocycles. The SMILES string of the molecule is Cc1ccc(F)c(NC(=O)c2cc(I)ccc2O)c1F. The lowest BCUT2D eigenvalue weighted by Crippen LogP contribution is -2.15. The number of nitrogens with one attached hydrogen (secondary N) is 1. The van der Waals surface area contributed by atoms with Crippen molar-refractivity contribution in [2.24, 2.45) is 0 Å². The lowest BCUT2D eigenvalue weighted by atomic mass is 10.1. The van der Waals surface area contributed by atoms with E-state index in [1.54, 1.807) is 6.07 Å². The molecule has 2 N–H and O–H groups in total. The van der Waals surface area contributed by atoms with Gasteiger partial charge in [-0.2, -0.15) is 0 Å². The van der Waals surface area contributed by atoms with E-state index in [4.69, 9.17) is 0 Å². The van der Waals surface area contributed by atoms with Crippen molar-refractivity contribution in [3.05, 3.63) is 56.7 Å². The third kappa shape index (κ3) is 2.90. The van der Waals surface area contributed by atoms with E-state index in [0.717, 1.165) is 9.64 Å². The number of amides is 1. The summed E-state index contributed by atoms with van der Waals surface area (Å²) in [5, 5.41) is 11.8. The van der Waals surface area contributed by atoms with Gasteiger partial charge in [0.05, 0.1) is 5.56 Å². The first kappa shape index (κ1) is 14.7. The first-order valence-electron chi connectivity index (χ1n) is 5.64. The van der Waals surface area contributed by atoms with Crippen LogP contribution in [0.4, 0.5) is 14.5 Å². The number of rotatable bonds is 2. The topological polar surface area (TPSA) is 49.3 Å². The van der Waals surface area contributed by atoms with E-state index in [9.17, 15) is 18.7 Å². The molecule has 0 spiro atoms. The second-order valence-electron chi connectivity index (χ2n) is 4.17. The van der Waals surface area contributed by atoms with Crippen LogP contribution in [0.1, 0.15) is 15.9 Å². The molecule has 2 rings (SSSR count). The normalized spacial score (nSPS) is 10.4. The van der Waals surface area contributed by atoms with Crippen LogP contribution in [0.5, 0.6) is 5.75 Å². The summed E-state index contributed by atoms with van der Waals surface area (Å²) in [7, 11) is 0. The highest BCUT2D eigenvalue weighted by atomic mass is 127. The molecular weight excluding hydrogens is 379 g/mol. The molecule has 0 radical (unpaired) electrons. The van der Waals surface area contributed by atoms with Crippen molar-refractivity contribution in [3.8, 4) is 5.75 Å². The number of phenols is 1. The molecule has 0 aliphatic heterocycles. The van der Waals surface area contributed by atoms with Gasteiger partial charge in [0.15, 0.2) is 5.82 Å². The van der Waals surface area contributed by atoms with Gasteiger partial charge in [0.25, 0.3) is 5.91 Å². The summed E-state index contributed by atoms with van der Waals surface area (Å²) in [6.07, 6.45) is 0. The third-order valence-electron chi connectivity index (χ3n) is 2.73. The lowest BCUT2D eigenvalue weighted by molar-refractivity contribution is 0.102. The minimum absolute atomic E-state index is 0.0443. The highest BCUT2D eigenvalue weighted by molar-refractivity contribution is 14.1. The van der Waals surface area contributed by atoms with Crippen LogP contribution >= 0.6 is 22.6 Å². The summed E-state index contributed by atoms with van der Waals surface area (Å²) in [6, 6.07) is 6.74. The van der Waals surface area contributed by atoms with Crippen LogP contribution in [0.3, 0.4) is 0 Å². The highest BCUT2D eigenvalue weighted by Gasteiger charge is 2.17. The minimum atomic E-state index is -0.869. The van der Waals surface area contributed by atoms with E-state index in [2.05, 4.69) is 5.32 Å². The Labute approximate surface area is 127 Å². The summed E-state index contributed by atoms with van der Waals surface area (Å²) < 4.78 is 28.1. The second kappa shape index (κ2) is 5.74. The second-order valence-corrected chi connectivity index (χ2v) is 5.41. The van der Waals surface area contributed by atoms with Crippen molar-refractivity contribution >= 4 is 34.2 Å². The van der Waals surface area contributed by atoms with Crippen molar-refractivity contribution < 1.29 is 18.7 Å². The van der Waals surface area contributed by atoms with Crippen LogP contribution in [0, 0.1) is 22.1 Å². The average molecular weight is 389 g/mol. The van der Waals surface area contributed by atoms with E-state index in [1.165, 1.54) is 25.1 Å². The smallest absolute Gasteiger partial charge is 0.259 e. The van der Waals surface area contributed by atoms with Crippen molar-refractivity contribution in [1.29, 1.82) is 0 Å². The Morgan fingerprint density at radius 3 is 2.65 bits per heavy atom. The van der Waals surface area contributed by atoms with E-state index in [1.807, 2.05) is 22.6 Å². The Bertz CT molecular complexity index is 689. The number of anilines is 1. The monoisotopic (exact) mass is 389 g/mol. The average Bonchev–Trinajstić information content (AvgIpc) is 2.41. The molecule has 0 heterocycles. The zero-order valence-corrected chi connectivity index (χ0v) is 12.5. The van der Waals surface area contributed by atoms with Gasteiger partial charge in [0, 0.05) is 3.57 Å². The number of carbonyl (C=O) groups is 1. The summed E-state index contributed by atoms with van der Waals surface area (Å²) in [4.78, 5) is 12.0. The third-order valence-corrected chi connectivity index (χ3v) is 3.40. The zero-order valence-electron chi connectivity index (χ0n) is 10.4. The Balaban J connectivity index is 2.38. The molecule has 0 bridgehead atoms. The van der Waals surface area contributed by atoms with Crippen molar-refractivity contribution in [2.45, 2.75) is 6.92 Å². The van der Waals surface area contributed by atoms with E-state index in [0.29, 0.717) is 0 Å². The molecule has 0 saturated carbocycles. The van der Waals surface area contributed by atoms with E-state index in [-0.39, 0.29) is 16.9 Å². The van der Waals surface area contributed by atoms with Gasteiger partial charge in [-0.05, 0) is 59.3 Å². The molecule has 0 aliphatic rings. The molecule has 6 heteroatoms. The molecule has 3 nitrogen and oxygen atoms in total. The van der Waals surface area contributed by atoms with Gasteiger partial charge in [-0.25, -0.2) is 8.78 Å². The molecule has 0 atom stereocenters. The van der Waals surface area contributed by atoms with Gasteiger partial charge < -0.3 is 10.4 Å². The van der Waals surface area contributed by atoms with Crippen LogP contribution in [0.2, 0.25) is 0 Å². The molecule has 0 fully saturated rings. The highest BCUT2D eigenvalue weighted by Crippen LogP contribution is 2.25. The van der Waals surface area contributed by atoms with Crippen LogP contribution in [-0.2, 0) is 0 Å². The maximum atomic E-state index is 13.8. The fraction of sp³-hybridized carbons (Fsp3) is 0.0714. The molecule has 2 aromatic rings. The number of halogens is 3. The van der Waals surface area contributed by atoms with Gasteiger partial charge in [0.2, 0.25) is 0 Å². The first-order valence-corrected chi connectivity index (χ1v) is 6.72. The van der Waals surface area contributed by atoms with Crippen molar-refractivity contribution in [2.75, 3.05) is 5.32 Å². The lowest BCUT2D eigenvalue weighted by Gasteiger charge is -2.10.